The minimum atomic E-state index is -3.93. The molecule has 19 heavy (non-hydrogen) atoms. The molecule has 0 spiro atoms. The Morgan fingerprint density at radius 3 is 2.37 bits per heavy atom. The number of nitrogens with one attached hydrogen (secondary N) is 2. The minimum Gasteiger partial charge on any atom is -0.281 e. The summed E-state index contributed by atoms with van der Waals surface area (Å²) in [7, 11) is -3.93. The van der Waals surface area contributed by atoms with E-state index in [1.165, 1.54) is 29.5 Å². The van der Waals surface area contributed by atoms with Gasteiger partial charge in [-0.2, -0.15) is 5.10 Å². The molecule has 0 atom stereocenters. The number of sulfonamides is 1. The number of anilines is 1. The number of nitrogens with zero attached hydrogens (tertiary/aromatic N) is 1. The van der Waals surface area contributed by atoms with Crippen molar-refractivity contribution in [2.75, 3.05) is 4.72 Å². The third-order valence-electron chi connectivity index (χ3n) is 2.31. The number of rotatable bonds is 3. The molecule has 2 rings (SSSR count). The van der Waals surface area contributed by atoms with Gasteiger partial charge in [0.05, 0.1) is 21.1 Å². The molecule has 2 aromatic rings. The average Bonchev–Trinajstić information content (AvgIpc) is 2.72. The first kappa shape index (κ1) is 14.2. The molecule has 0 radical (unpaired) electrons. The van der Waals surface area contributed by atoms with Gasteiger partial charge in [-0.15, -0.1) is 0 Å². The van der Waals surface area contributed by atoms with Crippen LogP contribution >= 0.6 is 22.6 Å². The van der Waals surface area contributed by atoms with E-state index >= 15 is 0 Å². The number of H-pyrrole nitrogens is 1. The van der Waals surface area contributed by atoms with Crippen LogP contribution in [-0.2, 0) is 10.0 Å². The lowest BCUT2D eigenvalue weighted by Gasteiger charge is -2.08. The summed E-state index contributed by atoms with van der Waals surface area (Å²) < 4.78 is 52.5. The van der Waals surface area contributed by atoms with Crippen LogP contribution in [0.15, 0.2) is 23.2 Å². The maximum Gasteiger partial charge on any atom is 0.265 e. The third-order valence-corrected chi connectivity index (χ3v) is 4.83. The highest BCUT2D eigenvalue weighted by atomic mass is 127. The van der Waals surface area contributed by atoms with Crippen LogP contribution in [0.3, 0.4) is 0 Å². The third kappa shape index (κ3) is 2.86. The molecule has 0 aliphatic heterocycles. The van der Waals surface area contributed by atoms with Gasteiger partial charge in [-0.25, -0.2) is 17.2 Å². The molecule has 0 unspecified atom stereocenters. The zero-order chi connectivity index (χ0) is 14.2. The molecule has 0 bridgehead atoms. The van der Waals surface area contributed by atoms with Crippen molar-refractivity contribution in [1.82, 2.24) is 10.2 Å². The van der Waals surface area contributed by atoms with Crippen molar-refractivity contribution >= 4 is 38.3 Å². The molecule has 9 heteroatoms. The van der Waals surface area contributed by atoms with Crippen LogP contribution in [0.5, 0.6) is 0 Å². The van der Waals surface area contributed by atoms with Crippen molar-refractivity contribution in [1.29, 1.82) is 0 Å². The van der Waals surface area contributed by atoms with Gasteiger partial charge in [-0.05, 0) is 41.6 Å². The first-order valence-corrected chi connectivity index (χ1v) is 7.55. The largest absolute Gasteiger partial charge is 0.281 e. The Kier molecular flexibility index (Phi) is 3.76. The van der Waals surface area contributed by atoms with E-state index < -0.39 is 21.7 Å². The summed E-state index contributed by atoms with van der Waals surface area (Å²) >= 11 is 1.50. The van der Waals surface area contributed by atoms with Gasteiger partial charge >= 0.3 is 0 Å². The minimum absolute atomic E-state index is 0.0770. The van der Waals surface area contributed by atoms with Crippen LogP contribution in [0.4, 0.5) is 14.5 Å². The molecule has 1 heterocycles. The monoisotopic (exact) mass is 399 g/mol. The van der Waals surface area contributed by atoms with Crippen molar-refractivity contribution in [3.05, 3.63) is 39.2 Å². The van der Waals surface area contributed by atoms with E-state index in [9.17, 15) is 17.2 Å². The summed E-state index contributed by atoms with van der Waals surface area (Å²) in [5.74, 6) is -1.66. The highest BCUT2D eigenvalue weighted by molar-refractivity contribution is 14.1. The summed E-state index contributed by atoms with van der Waals surface area (Å²) in [5, 5.41) is 6.06. The van der Waals surface area contributed by atoms with Gasteiger partial charge in [0.15, 0.2) is 0 Å². The fraction of sp³-hybridized carbons (Fsp3) is 0.100. The molecular formula is C10H8F2IN3O2S. The summed E-state index contributed by atoms with van der Waals surface area (Å²) in [6.45, 7) is 1.52. The Morgan fingerprint density at radius 1 is 1.32 bits per heavy atom. The van der Waals surface area contributed by atoms with E-state index in [0.717, 1.165) is 18.3 Å². The van der Waals surface area contributed by atoms with E-state index in [4.69, 9.17) is 0 Å². The van der Waals surface area contributed by atoms with E-state index in [-0.39, 0.29) is 14.2 Å². The topological polar surface area (TPSA) is 74.8 Å². The molecular weight excluding hydrogens is 391 g/mol. The maximum atomic E-state index is 13.3. The number of halogens is 3. The smallest absolute Gasteiger partial charge is 0.265 e. The van der Waals surface area contributed by atoms with Crippen LogP contribution in [-0.4, -0.2) is 18.6 Å². The quantitative estimate of drug-likeness (QED) is 0.615. The predicted molar refractivity (Wildman–Crippen MR) is 73.2 cm³/mol. The molecule has 0 aliphatic carbocycles. The van der Waals surface area contributed by atoms with Gasteiger partial charge in [-0.1, -0.05) is 0 Å². The zero-order valence-corrected chi connectivity index (χ0v) is 12.5. The van der Waals surface area contributed by atoms with E-state index in [2.05, 4.69) is 14.9 Å². The summed E-state index contributed by atoms with van der Waals surface area (Å²) in [5.41, 5.74) is 0.148. The van der Waals surface area contributed by atoms with Crippen LogP contribution in [0.2, 0.25) is 0 Å². The Morgan fingerprint density at radius 2 is 1.89 bits per heavy atom. The number of hydrogen-bond donors (Lipinski definition) is 2. The molecule has 5 nitrogen and oxygen atoms in total. The van der Waals surface area contributed by atoms with Crippen molar-refractivity contribution in [2.24, 2.45) is 0 Å². The van der Waals surface area contributed by atoms with Gasteiger partial charge in [0.1, 0.15) is 16.5 Å². The molecule has 1 aromatic heterocycles. The number of aryl methyl sites for hydroxylation is 1. The lowest BCUT2D eigenvalue weighted by molar-refractivity contribution is 0.571. The summed E-state index contributed by atoms with van der Waals surface area (Å²) in [6.07, 6.45) is 1.12. The Balaban J connectivity index is 2.39. The van der Waals surface area contributed by atoms with E-state index in [0.29, 0.717) is 5.69 Å². The second kappa shape index (κ2) is 5.04. The van der Waals surface area contributed by atoms with Crippen LogP contribution in [0.25, 0.3) is 0 Å². The van der Waals surface area contributed by atoms with Crippen molar-refractivity contribution in [2.45, 2.75) is 11.8 Å². The molecule has 0 saturated carbocycles. The van der Waals surface area contributed by atoms with Gasteiger partial charge in [0, 0.05) is 0 Å². The van der Waals surface area contributed by atoms with Gasteiger partial charge in [0.25, 0.3) is 10.0 Å². The van der Waals surface area contributed by atoms with Crippen molar-refractivity contribution in [3.8, 4) is 0 Å². The molecule has 2 N–H and O–H groups in total. The second-order valence-electron chi connectivity index (χ2n) is 3.72. The van der Waals surface area contributed by atoms with E-state index in [1.54, 1.807) is 0 Å². The number of benzene rings is 1. The van der Waals surface area contributed by atoms with E-state index in [1.807, 2.05) is 0 Å². The molecule has 1 aromatic carbocycles. The number of aromatic nitrogens is 2. The number of hydrogen-bond acceptors (Lipinski definition) is 3. The summed E-state index contributed by atoms with van der Waals surface area (Å²) in [4.78, 5) is -0.0770. The average molecular weight is 399 g/mol. The fourth-order valence-electron chi connectivity index (χ4n) is 1.44. The van der Waals surface area contributed by atoms with Crippen molar-refractivity contribution in [3.63, 3.8) is 0 Å². The van der Waals surface area contributed by atoms with Crippen molar-refractivity contribution < 1.29 is 17.2 Å². The normalized spacial score (nSPS) is 11.6. The molecule has 102 valence electrons. The lowest BCUT2D eigenvalue weighted by atomic mass is 10.3. The standard InChI is InChI=1S/C10H8F2IN3O2S/c1-5-9(4-14-15-5)19(17,18)16-6-2-7(11)10(13)8(12)3-6/h2-4,16H,1H3,(H,14,15). The Labute approximate surface area is 121 Å². The van der Waals surface area contributed by atoms with Crippen LogP contribution in [0.1, 0.15) is 5.69 Å². The van der Waals surface area contributed by atoms with Gasteiger partial charge in [-0.3, -0.25) is 9.82 Å². The highest BCUT2D eigenvalue weighted by Gasteiger charge is 2.20. The molecule has 0 saturated heterocycles. The second-order valence-corrected chi connectivity index (χ2v) is 6.45. The first-order chi connectivity index (χ1) is 8.81. The zero-order valence-electron chi connectivity index (χ0n) is 9.54. The fourth-order valence-corrected chi connectivity index (χ4v) is 2.92. The molecule has 0 aliphatic rings. The Hall–Kier alpha value is -1.23. The first-order valence-electron chi connectivity index (χ1n) is 4.98. The van der Waals surface area contributed by atoms with Gasteiger partial charge in [0.2, 0.25) is 0 Å². The van der Waals surface area contributed by atoms with Gasteiger partial charge < -0.3 is 0 Å². The molecule has 0 amide bonds. The van der Waals surface area contributed by atoms with Crippen LogP contribution in [0, 0.1) is 22.1 Å². The Bertz CT molecular complexity index is 707. The predicted octanol–water partition coefficient (Wildman–Crippen LogP) is 2.40. The summed E-state index contributed by atoms with van der Waals surface area (Å²) in [6, 6.07) is 1.83. The lowest BCUT2D eigenvalue weighted by Crippen LogP contribution is -2.14. The SMILES string of the molecule is Cc1[nH]ncc1S(=O)(=O)Nc1cc(F)c(I)c(F)c1. The van der Waals surface area contributed by atoms with Crippen LogP contribution < -0.4 is 4.72 Å². The number of aromatic amines is 1. The molecule has 0 fully saturated rings. The highest BCUT2D eigenvalue weighted by Crippen LogP contribution is 2.23. The maximum absolute atomic E-state index is 13.3.